The third-order valence-corrected chi connectivity index (χ3v) is 4.89. The second kappa shape index (κ2) is 8.31. The average Bonchev–Trinajstić information content (AvgIpc) is 2.84. The zero-order valence-electron chi connectivity index (χ0n) is 14.5. The third kappa shape index (κ3) is 4.82. The van der Waals surface area contributed by atoms with Crippen LogP contribution in [-0.4, -0.2) is 46.1 Å². The van der Waals surface area contributed by atoms with E-state index in [0.29, 0.717) is 24.3 Å². The number of amides is 2. The minimum Gasteiger partial charge on any atom is -0.472 e. The molecule has 3 rings (SSSR count). The van der Waals surface area contributed by atoms with Crippen LogP contribution < -0.4 is 10.1 Å². The molecule has 1 atom stereocenters. The van der Waals surface area contributed by atoms with E-state index in [9.17, 15) is 4.79 Å². The summed E-state index contributed by atoms with van der Waals surface area (Å²) in [7, 11) is 0. The summed E-state index contributed by atoms with van der Waals surface area (Å²) >= 11 is 0. The number of piperidine rings is 1. The minimum absolute atomic E-state index is 0.00735. The van der Waals surface area contributed by atoms with Crippen molar-refractivity contribution in [2.45, 2.75) is 70.4 Å². The number of nitrogens with zero attached hydrogens (tertiary/aromatic N) is 3. The molecule has 1 saturated heterocycles. The molecule has 2 fully saturated rings. The summed E-state index contributed by atoms with van der Waals surface area (Å²) in [6.45, 7) is 3.28. The van der Waals surface area contributed by atoms with Gasteiger partial charge in [-0.3, -0.25) is 0 Å². The Labute approximate surface area is 144 Å². The van der Waals surface area contributed by atoms with Gasteiger partial charge in [0, 0.05) is 24.8 Å². The Bertz CT molecular complexity index is 544. The molecule has 1 aromatic rings. The van der Waals surface area contributed by atoms with Gasteiger partial charge >= 0.3 is 6.03 Å². The molecule has 132 valence electrons. The Morgan fingerprint density at radius 3 is 2.75 bits per heavy atom. The summed E-state index contributed by atoms with van der Waals surface area (Å²) in [5.74, 6) is 1.30. The summed E-state index contributed by atoms with van der Waals surface area (Å²) in [5.41, 5.74) is 0. The fourth-order valence-electron chi connectivity index (χ4n) is 3.58. The Morgan fingerprint density at radius 1 is 1.21 bits per heavy atom. The third-order valence-electron chi connectivity index (χ3n) is 4.89. The van der Waals surface area contributed by atoms with Gasteiger partial charge in [-0.05, 0) is 32.6 Å². The van der Waals surface area contributed by atoms with Gasteiger partial charge in [0.2, 0.25) is 5.88 Å². The lowest BCUT2D eigenvalue weighted by molar-refractivity contribution is 0.0961. The van der Waals surface area contributed by atoms with Gasteiger partial charge in [-0.25, -0.2) is 9.78 Å². The molecule has 24 heavy (non-hydrogen) atoms. The Morgan fingerprint density at radius 2 is 2.00 bits per heavy atom. The predicted molar refractivity (Wildman–Crippen MR) is 92.0 cm³/mol. The van der Waals surface area contributed by atoms with E-state index in [0.717, 1.165) is 32.2 Å². The van der Waals surface area contributed by atoms with Crippen molar-refractivity contribution in [1.82, 2.24) is 20.2 Å². The average molecular weight is 332 g/mol. The van der Waals surface area contributed by atoms with E-state index in [-0.39, 0.29) is 12.1 Å². The first-order valence-electron chi connectivity index (χ1n) is 9.22. The molecule has 0 bridgehead atoms. The fraction of sp³-hybridized carbons (Fsp3) is 0.722. The second-order valence-electron chi connectivity index (χ2n) is 6.91. The Balaban J connectivity index is 1.51. The SMILES string of the molecule is Cc1nccc(OC2CCCN(C(=O)NC3CCCCCC3)C2)n1. The zero-order chi connectivity index (χ0) is 16.8. The molecule has 1 unspecified atom stereocenters. The van der Waals surface area contributed by atoms with Crippen molar-refractivity contribution < 1.29 is 9.53 Å². The summed E-state index contributed by atoms with van der Waals surface area (Å²) in [6, 6.07) is 2.18. The molecule has 0 spiro atoms. The molecule has 2 amide bonds. The van der Waals surface area contributed by atoms with Gasteiger partial charge in [-0.2, -0.15) is 4.98 Å². The monoisotopic (exact) mass is 332 g/mol. The molecule has 2 heterocycles. The van der Waals surface area contributed by atoms with Crippen molar-refractivity contribution in [2.24, 2.45) is 0 Å². The molecule has 0 radical (unpaired) electrons. The molecule has 1 aliphatic carbocycles. The molecular weight excluding hydrogens is 304 g/mol. The van der Waals surface area contributed by atoms with Gasteiger partial charge in [0.15, 0.2) is 0 Å². The van der Waals surface area contributed by atoms with Crippen LogP contribution in [0.25, 0.3) is 0 Å². The Kier molecular flexibility index (Phi) is 5.88. The van der Waals surface area contributed by atoms with Gasteiger partial charge in [0.05, 0.1) is 6.54 Å². The number of rotatable bonds is 3. The highest BCUT2D eigenvalue weighted by molar-refractivity contribution is 5.74. The van der Waals surface area contributed by atoms with E-state index in [1.165, 1.54) is 25.7 Å². The number of carbonyl (C=O) groups excluding carboxylic acids is 1. The number of carbonyl (C=O) groups is 1. The van der Waals surface area contributed by atoms with Crippen LogP contribution in [0.2, 0.25) is 0 Å². The van der Waals surface area contributed by atoms with Crippen LogP contribution in [-0.2, 0) is 0 Å². The topological polar surface area (TPSA) is 67.3 Å². The first-order valence-corrected chi connectivity index (χ1v) is 9.22. The van der Waals surface area contributed by atoms with Crippen molar-refractivity contribution >= 4 is 6.03 Å². The largest absolute Gasteiger partial charge is 0.472 e. The van der Waals surface area contributed by atoms with E-state index in [1.54, 1.807) is 12.3 Å². The number of aromatic nitrogens is 2. The lowest BCUT2D eigenvalue weighted by Gasteiger charge is -2.33. The highest BCUT2D eigenvalue weighted by Crippen LogP contribution is 2.19. The normalized spacial score (nSPS) is 22.7. The van der Waals surface area contributed by atoms with Crippen molar-refractivity contribution in [3.63, 3.8) is 0 Å². The number of ether oxygens (including phenoxy) is 1. The highest BCUT2D eigenvalue weighted by Gasteiger charge is 2.26. The zero-order valence-corrected chi connectivity index (χ0v) is 14.5. The first kappa shape index (κ1) is 17.0. The van der Waals surface area contributed by atoms with E-state index in [4.69, 9.17) is 4.74 Å². The van der Waals surface area contributed by atoms with Crippen LogP contribution in [0.3, 0.4) is 0 Å². The predicted octanol–water partition coefficient (Wildman–Crippen LogP) is 3.06. The Hall–Kier alpha value is -1.85. The number of urea groups is 1. The molecule has 2 aliphatic rings. The maximum absolute atomic E-state index is 12.6. The fourth-order valence-corrected chi connectivity index (χ4v) is 3.58. The second-order valence-corrected chi connectivity index (χ2v) is 6.91. The summed E-state index contributed by atoms with van der Waals surface area (Å²) < 4.78 is 5.95. The number of nitrogens with one attached hydrogen (secondary N) is 1. The quantitative estimate of drug-likeness (QED) is 0.864. The maximum atomic E-state index is 12.6. The lowest BCUT2D eigenvalue weighted by atomic mass is 10.1. The molecule has 1 aliphatic heterocycles. The molecule has 0 aromatic carbocycles. The highest BCUT2D eigenvalue weighted by atomic mass is 16.5. The van der Waals surface area contributed by atoms with Gasteiger partial charge in [-0.15, -0.1) is 0 Å². The molecule has 1 aromatic heterocycles. The van der Waals surface area contributed by atoms with Gasteiger partial charge in [0.1, 0.15) is 11.9 Å². The first-order chi connectivity index (χ1) is 11.7. The molecule has 1 saturated carbocycles. The van der Waals surface area contributed by atoms with Gasteiger partial charge in [0.25, 0.3) is 0 Å². The van der Waals surface area contributed by atoms with Crippen LogP contribution in [0.4, 0.5) is 4.79 Å². The summed E-state index contributed by atoms with van der Waals surface area (Å²) in [5, 5.41) is 3.23. The molecule has 6 heteroatoms. The van der Waals surface area contributed by atoms with Crippen molar-refractivity contribution in [3.05, 3.63) is 18.1 Å². The number of aryl methyl sites for hydroxylation is 1. The van der Waals surface area contributed by atoms with Crippen molar-refractivity contribution in [3.8, 4) is 5.88 Å². The van der Waals surface area contributed by atoms with Crippen molar-refractivity contribution in [1.29, 1.82) is 0 Å². The summed E-state index contributed by atoms with van der Waals surface area (Å²) in [6.07, 6.45) is 10.9. The van der Waals surface area contributed by atoms with E-state index >= 15 is 0 Å². The van der Waals surface area contributed by atoms with Crippen LogP contribution in [0, 0.1) is 6.92 Å². The van der Waals surface area contributed by atoms with Crippen LogP contribution in [0.5, 0.6) is 5.88 Å². The summed E-state index contributed by atoms with van der Waals surface area (Å²) in [4.78, 5) is 22.8. The van der Waals surface area contributed by atoms with E-state index < -0.39 is 0 Å². The molecule has 6 nitrogen and oxygen atoms in total. The lowest BCUT2D eigenvalue weighted by Crippen LogP contribution is -2.50. The standard InChI is InChI=1S/C18H28N4O2/c1-14-19-11-10-17(20-14)24-16-9-6-12-22(13-16)18(23)21-15-7-4-2-3-5-8-15/h10-11,15-16H,2-9,12-13H2,1H3,(H,21,23). The van der Waals surface area contributed by atoms with Gasteiger partial charge < -0.3 is 15.0 Å². The molecular formula is C18H28N4O2. The minimum atomic E-state index is 0.00735. The number of hydrogen-bond donors (Lipinski definition) is 1. The maximum Gasteiger partial charge on any atom is 0.317 e. The van der Waals surface area contributed by atoms with Crippen LogP contribution in [0.1, 0.15) is 57.2 Å². The molecule has 1 N–H and O–H groups in total. The van der Waals surface area contributed by atoms with Crippen LogP contribution >= 0.6 is 0 Å². The van der Waals surface area contributed by atoms with Gasteiger partial charge in [-0.1, -0.05) is 25.7 Å². The van der Waals surface area contributed by atoms with E-state index in [1.807, 2.05) is 11.8 Å². The van der Waals surface area contributed by atoms with E-state index in [2.05, 4.69) is 15.3 Å². The number of hydrogen-bond acceptors (Lipinski definition) is 4. The van der Waals surface area contributed by atoms with Crippen molar-refractivity contribution in [2.75, 3.05) is 13.1 Å². The smallest absolute Gasteiger partial charge is 0.317 e. The van der Waals surface area contributed by atoms with Crippen LogP contribution in [0.15, 0.2) is 12.3 Å². The number of likely N-dealkylation sites (tertiary alicyclic amines) is 1.